The molecule has 0 radical (unpaired) electrons. The summed E-state index contributed by atoms with van der Waals surface area (Å²) in [6.07, 6.45) is -0.639. The minimum absolute atomic E-state index is 0.0698. The van der Waals surface area contributed by atoms with E-state index in [-0.39, 0.29) is 5.69 Å². The Hall–Kier alpha value is -3.56. The smallest absolute Gasteiger partial charge is 0.282 e. The van der Waals surface area contributed by atoms with Crippen LogP contribution in [0.15, 0.2) is 41.1 Å². The first-order valence-electron chi connectivity index (χ1n) is 9.03. The molecule has 0 saturated heterocycles. The number of amides is 1. The van der Waals surface area contributed by atoms with E-state index in [4.69, 9.17) is 4.42 Å². The van der Waals surface area contributed by atoms with Crippen molar-refractivity contribution in [2.75, 3.05) is 6.54 Å². The third-order valence-corrected chi connectivity index (χ3v) is 5.07. The molecule has 8 nitrogen and oxygen atoms in total. The average Bonchev–Trinajstić information content (AvgIpc) is 3.43. The first kappa shape index (κ1) is 17.5. The number of aromatic nitrogens is 5. The SMILES string of the molecule is Cn1nc(C(F)F)cc1C(=O)N1CCc2[nH]cnc2[C@H]1c1nc2ccccc2o1. The van der Waals surface area contributed by atoms with E-state index >= 15 is 0 Å². The summed E-state index contributed by atoms with van der Waals surface area (Å²) in [5.74, 6) is -0.114. The van der Waals surface area contributed by atoms with E-state index in [1.807, 2.05) is 18.2 Å². The summed E-state index contributed by atoms with van der Waals surface area (Å²) >= 11 is 0. The number of nitrogens with one attached hydrogen (secondary N) is 1. The molecule has 0 unspecified atom stereocenters. The summed E-state index contributed by atoms with van der Waals surface area (Å²) in [5.41, 5.74) is 2.41. The van der Waals surface area contributed by atoms with Crippen LogP contribution in [-0.2, 0) is 13.5 Å². The molecule has 1 aliphatic rings. The Kier molecular flexibility index (Phi) is 3.93. The van der Waals surface area contributed by atoms with E-state index in [0.29, 0.717) is 35.6 Å². The molecule has 4 aromatic rings. The van der Waals surface area contributed by atoms with E-state index in [2.05, 4.69) is 20.1 Å². The normalized spacial score (nSPS) is 16.6. The Morgan fingerprint density at radius 1 is 1.34 bits per heavy atom. The fourth-order valence-corrected chi connectivity index (χ4v) is 3.70. The molecule has 3 aromatic heterocycles. The van der Waals surface area contributed by atoms with Gasteiger partial charge in [-0.15, -0.1) is 0 Å². The number of benzene rings is 1. The highest BCUT2D eigenvalue weighted by molar-refractivity contribution is 5.93. The zero-order valence-corrected chi connectivity index (χ0v) is 15.3. The summed E-state index contributed by atoms with van der Waals surface area (Å²) in [4.78, 5) is 26.8. The molecule has 0 aliphatic carbocycles. The Morgan fingerprint density at radius 3 is 2.93 bits per heavy atom. The lowest BCUT2D eigenvalue weighted by atomic mass is 10.0. The second kappa shape index (κ2) is 6.50. The molecule has 0 fully saturated rings. The molecule has 1 aromatic carbocycles. The van der Waals surface area contributed by atoms with Gasteiger partial charge >= 0.3 is 0 Å². The van der Waals surface area contributed by atoms with Crippen molar-refractivity contribution in [3.8, 4) is 0 Å². The molecule has 4 heterocycles. The van der Waals surface area contributed by atoms with Gasteiger partial charge in [0.1, 0.15) is 16.9 Å². The fourth-order valence-electron chi connectivity index (χ4n) is 3.70. The van der Waals surface area contributed by atoms with Crippen LogP contribution in [0.25, 0.3) is 11.1 Å². The van der Waals surface area contributed by atoms with Gasteiger partial charge in [0.15, 0.2) is 11.6 Å². The number of hydrogen-bond donors (Lipinski definition) is 1. The second-order valence-electron chi connectivity index (χ2n) is 6.82. The number of nitrogens with zero attached hydrogens (tertiary/aromatic N) is 5. The molecule has 5 rings (SSSR count). The number of hydrogen-bond acceptors (Lipinski definition) is 5. The first-order chi connectivity index (χ1) is 14.0. The zero-order chi connectivity index (χ0) is 20.1. The lowest BCUT2D eigenvalue weighted by Crippen LogP contribution is -2.41. The number of halogens is 2. The van der Waals surface area contributed by atoms with Crippen molar-refractivity contribution >= 4 is 17.0 Å². The largest absolute Gasteiger partial charge is 0.438 e. The van der Waals surface area contributed by atoms with Crippen molar-refractivity contribution in [2.45, 2.75) is 18.9 Å². The van der Waals surface area contributed by atoms with E-state index in [1.165, 1.54) is 11.7 Å². The van der Waals surface area contributed by atoms with Crippen LogP contribution in [0.2, 0.25) is 0 Å². The molecule has 1 amide bonds. The highest BCUT2D eigenvalue weighted by Gasteiger charge is 2.39. The number of carbonyl (C=O) groups is 1. The molecule has 0 saturated carbocycles. The number of carbonyl (C=O) groups excluding carboxylic acids is 1. The van der Waals surface area contributed by atoms with Crippen LogP contribution in [0.3, 0.4) is 0 Å². The third kappa shape index (κ3) is 2.79. The van der Waals surface area contributed by atoms with Crippen LogP contribution in [0.1, 0.15) is 45.9 Å². The molecule has 0 bridgehead atoms. The van der Waals surface area contributed by atoms with E-state index < -0.39 is 24.1 Å². The van der Waals surface area contributed by atoms with Crippen LogP contribution >= 0.6 is 0 Å². The average molecular weight is 398 g/mol. The molecule has 148 valence electrons. The minimum atomic E-state index is -2.75. The van der Waals surface area contributed by atoms with Gasteiger partial charge in [-0.25, -0.2) is 18.7 Å². The number of imidazole rings is 1. The Balaban J connectivity index is 1.60. The van der Waals surface area contributed by atoms with Gasteiger partial charge < -0.3 is 14.3 Å². The van der Waals surface area contributed by atoms with Crippen LogP contribution in [-0.4, -0.2) is 42.1 Å². The van der Waals surface area contributed by atoms with Crippen LogP contribution < -0.4 is 0 Å². The van der Waals surface area contributed by atoms with Gasteiger partial charge in [-0.1, -0.05) is 12.1 Å². The van der Waals surface area contributed by atoms with Gasteiger partial charge in [-0.3, -0.25) is 9.48 Å². The highest BCUT2D eigenvalue weighted by atomic mass is 19.3. The Bertz CT molecular complexity index is 1180. The molecule has 1 aliphatic heterocycles. The maximum Gasteiger partial charge on any atom is 0.282 e. The molecular formula is C19H16F2N6O2. The van der Waals surface area contributed by atoms with Crippen molar-refractivity contribution < 1.29 is 18.0 Å². The monoisotopic (exact) mass is 398 g/mol. The van der Waals surface area contributed by atoms with Gasteiger partial charge in [-0.05, 0) is 18.2 Å². The van der Waals surface area contributed by atoms with Gasteiger partial charge in [-0.2, -0.15) is 5.10 Å². The first-order valence-corrected chi connectivity index (χ1v) is 9.03. The number of H-pyrrole nitrogens is 1. The topological polar surface area (TPSA) is 92.8 Å². The quantitative estimate of drug-likeness (QED) is 0.573. The van der Waals surface area contributed by atoms with Gasteiger partial charge in [0.2, 0.25) is 5.89 Å². The number of aromatic amines is 1. The summed E-state index contributed by atoms with van der Waals surface area (Å²) < 4.78 is 33.2. The molecule has 1 atom stereocenters. The molecule has 29 heavy (non-hydrogen) atoms. The van der Waals surface area contributed by atoms with Crippen LogP contribution in [0, 0.1) is 0 Å². The summed E-state index contributed by atoms with van der Waals surface area (Å²) in [7, 11) is 1.47. The second-order valence-corrected chi connectivity index (χ2v) is 6.82. The van der Waals surface area contributed by atoms with E-state index in [1.54, 1.807) is 17.3 Å². The highest BCUT2D eigenvalue weighted by Crippen LogP contribution is 2.35. The molecule has 10 heteroatoms. The van der Waals surface area contributed by atoms with Crippen molar-refractivity contribution in [3.05, 3.63) is 65.3 Å². The van der Waals surface area contributed by atoms with Gasteiger partial charge in [0.05, 0.1) is 12.0 Å². The Morgan fingerprint density at radius 2 is 2.17 bits per heavy atom. The summed E-state index contributed by atoms with van der Waals surface area (Å²) in [5, 5.41) is 3.75. The molecule has 0 spiro atoms. The van der Waals surface area contributed by atoms with E-state index in [0.717, 1.165) is 11.8 Å². The van der Waals surface area contributed by atoms with Gasteiger partial charge in [0, 0.05) is 25.7 Å². The van der Waals surface area contributed by atoms with Crippen molar-refractivity contribution in [3.63, 3.8) is 0 Å². The number of para-hydroxylation sites is 2. The lowest BCUT2D eigenvalue weighted by molar-refractivity contribution is 0.0656. The third-order valence-electron chi connectivity index (χ3n) is 5.07. The molecular weight excluding hydrogens is 382 g/mol. The predicted octanol–water partition coefficient (Wildman–Crippen LogP) is 3.01. The van der Waals surface area contributed by atoms with Crippen LogP contribution in [0.4, 0.5) is 8.78 Å². The number of fused-ring (bicyclic) bond motifs is 2. The van der Waals surface area contributed by atoms with Crippen LogP contribution in [0.5, 0.6) is 0 Å². The number of alkyl halides is 2. The lowest BCUT2D eigenvalue weighted by Gasteiger charge is -2.32. The van der Waals surface area contributed by atoms with E-state index in [9.17, 15) is 13.6 Å². The number of oxazole rings is 1. The number of rotatable bonds is 3. The zero-order valence-electron chi connectivity index (χ0n) is 15.3. The maximum atomic E-state index is 13.3. The number of aryl methyl sites for hydroxylation is 1. The predicted molar refractivity (Wildman–Crippen MR) is 97.3 cm³/mol. The summed E-state index contributed by atoms with van der Waals surface area (Å²) in [6.45, 7) is 0.354. The van der Waals surface area contributed by atoms with Crippen molar-refractivity contribution in [2.24, 2.45) is 7.05 Å². The minimum Gasteiger partial charge on any atom is -0.438 e. The van der Waals surface area contributed by atoms with Gasteiger partial charge in [0.25, 0.3) is 12.3 Å². The standard InChI is InChI=1S/C19H16F2N6O2/c1-26-13(8-12(25-26)17(20)21)19(28)27-7-6-11-15(23-9-22-11)16(27)18-24-10-4-2-3-5-14(10)29-18/h2-5,8-9,16-17H,6-7H2,1H3,(H,22,23)/t16-/m0/s1. The molecule has 1 N–H and O–H groups in total. The Labute approximate surface area is 163 Å². The fraction of sp³-hybridized carbons (Fsp3) is 0.263. The summed E-state index contributed by atoms with van der Waals surface area (Å²) in [6, 6.07) is 7.74. The van der Waals surface area contributed by atoms with Crippen molar-refractivity contribution in [1.82, 2.24) is 29.6 Å². The van der Waals surface area contributed by atoms with Crippen molar-refractivity contribution in [1.29, 1.82) is 0 Å². The maximum absolute atomic E-state index is 13.3.